The second kappa shape index (κ2) is 3.17. The first-order valence-corrected chi connectivity index (χ1v) is 4.69. The van der Waals surface area contributed by atoms with Crippen molar-refractivity contribution in [3.05, 3.63) is 0 Å². The maximum absolute atomic E-state index is 11.4. The Balaban J connectivity index is 2.57. The summed E-state index contributed by atoms with van der Waals surface area (Å²) < 4.78 is 0. The number of likely N-dealkylation sites (tertiary alicyclic amines) is 1. The van der Waals surface area contributed by atoms with Gasteiger partial charge in [-0.1, -0.05) is 6.92 Å². The molecule has 2 nitrogen and oxygen atoms in total. The zero-order valence-electron chi connectivity index (χ0n) is 8.55. The third kappa shape index (κ3) is 2.07. The van der Waals surface area contributed by atoms with Gasteiger partial charge in [-0.05, 0) is 33.7 Å². The fourth-order valence-corrected chi connectivity index (χ4v) is 1.51. The Bertz CT molecular complexity index is 181. The summed E-state index contributed by atoms with van der Waals surface area (Å²) in [7, 11) is 0. The number of hydrogen-bond donors (Lipinski definition) is 0. The number of hydrogen-bond acceptors (Lipinski definition) is 2. The van der Waals surface area contributed by atoms with Gasteiger partial charge in [-0.3, -0.25) is 9.69 Å². The van der Waals surface area contributed by atoms with Crippen LogP contribution in [0.5, 0.6) is 0 Å². The van der Waals surface area contributed by atoms with Crippen LogP contribution in [0.1, 0.15) is 34.1 Å². The molecule has 1 rings (SSSR count). The summed E-state index contributed by atoms with van der Waals surface area (Å²) in [6.07, 6.45) is 1.02. The lowest BCUT2D eigenvalue weighted by molar-refractivity contribution is -0.128. The molecular formula is C10H19NO. The zero-order valence-corrected chi connectivity index (χ0v) is 8.55. The highest BCUT2D eigenvalue weighted by molar-refractivity contribution is 5.83. The van der Waals surface area contributed by atoms with Gasteiger partial charge >= 0.3 is 0 Å². The van der Waals surface area contributed by atoms with Crippen molar-refractivity contribution in [2.45, 2.75) is 39.7 Å². The zero-order chi connectivity index (χ0) is 9.35. The minimum atomic E-state index is 0.149. The van der Waals surface area contributed by atoms with Gasteiger partial charge in [0.25, 0.3) is 0 Å². The van der Waals surface area contributed by atoms with Crippen LogP contribution in [0.4, 0.5) is 0 Å². The molecule has 0 aliphatic carbocycles. The molecule has 1 atom stereocenters. The first-order chi connectivity index (χ1) is 5.41. The van der Waals surface area contributed by atoms with Crippen molar-refractivity contribution in [2.75, 3.05) is 13.1 Å². The van der Waals surface area contributed by atoms with Crippen LogP contribution < -0.4 is 0 Å². The molecule has 0 aromatic rings. The number of Topliss-reactive ketones (excluding diaryl/α,β-unsaturated/α-hetero) is 1. The number of rotatable bonds is 0. The van der Waals surface area contributed by atoms with E-state index in [2.05, 4.69) is 25.7 Å². The Kier molecular flexibility index (Phi) is 2.57. The normalized spacial score (nSPS) is 27.7. The summed E-state index contributed by atoms with van der Waals surface area (Å²) in [5.74, 6) is 0.680. The summed E-state index contributed by atoms with van der Waals surface area (Å²) >= 11 is 0. The highest BCUT2D eigenvalue weighted by Crippen LogP contribution is 2.20. The van der Waals surface area contributed by atoms with E-state index in [0.717, 1.165) is 13.0 Å². The second-order valence-electron chi connectivity index (χ2n) is 4.75. The molecule has 1 saturated heterocycles. The average molecular weight is 169 g/mol. The van der Waals surface area contributed by atoms with E-state index in [1.165, 1.54) is 0 Å². The van der Waals surface area contributed by atoms with Crippen LogP contribution >= 0.6 is 0 Å². The summed E-state index contributed by atoms with van der Waals surface area (Å²) in [6, 6.07) is 0. The number of carbonyl (C=O) groups is 1. The second-order valence-corrected chi connectivity index (χ2v) is 4.75. The minimum Gasteiger partial charge on any atom is -0.298 e. The number of carbonyl (C=O) groups excluding carboxylic acids is 1. The van der Waals surface area contributed by atoms with Gasteiger partial charge in [0.15, 0.2) is 0 Å². The lowest BCUT2D eigenvalue weighted by Gasteiger charge is -2.39. The molecule has 0 aromatic heterocycles. The predicted octanol–water partition coefficient (Wildman–Crippen LogP) is 1.70. The molecule has 0 aromatic carbocycles. The molecule has 12 heavy (non-hydrogen) atoms. The van der Waals surface area contributed by atoms with E-state index in [-0.39, 0.29) is 11.5 Å². The van der Waals surface area contributed by atoms with Gasteiger partial charge in [0.2, 0.25) is 0 Å². The van der Waals surface area contributed by atoms with E-state index >= 15 is 0 Å². The first-order valence-electron chi connectivity index (χ1n) is 4.69. The van der Waals surface area contributed by atoms with Gasteiger partial charge in [-0.15, -0.1) is 0 Å². The summed E-state index contributed by atoms with van der Waals surface area (Å²) in [5, 5.41) is 0. The van der Waals surface area contributed by atoms with Crippen LogP contribution in [0, 0.1) is 5.92 Å². The first kappa shape index (κ1) is 9.72. The Morgan fingerprint density at radius 1 is 1.42 bits per heavy atom. The van der Waals surface area contributed by atoms with Crippen LogP contribution in [0.2, 0.25) is 0 Å². The van der Waals surface area contributed by atoms with Gasteiger partial charge in [-0.25, -0.2) is 0 Å². The van der Waals surface area contributed by atoms with Crippen LogP contribution in [-0.2, 0) is 4.79 Å². The van der Waals surface area contributed by atoms with E-state index in [4.69, 9.17) is 0 Å². The molecule has 0 N–H and O–H groups in total. The molecule has 1 aliphatic heterocycles. The molecular weight excluding hydrogens is 150 g/mol. The van der Waals surface area contributed by atoms with Gasteiger partial charge in [-0.2, -0.15) is 0 Å². The number of nitrogens with zero attached hydrogens (tertiary/aromatic N) is 1. The largest absolute Gasteiger partial charge is 0.298 e. The number of ketones is 1. The van der Waals surface area contributed by atoms with Crippen LogP contribution in [0.15, 0.2) is 0 Å². The van der Waals surface area contributed by atoms with E-state index in [0.29, 0.717) is 12.3 Å². The standard InChI is InChI=1S/C10H19NO/c1-8-5-6-11(7-9(8)12)10(2,3)4/h8H,5-7H2,1-4H3/t8-/m0/s1. The lowest BCUT2D eigenvalue weighted by Crippen LogP contribution is -2.49. The SMILES string of the molecule is C[C@H]1CCN(C(C)(C)C)CC1=O. The van der Waals surface area contributed by atoms with Crippen LogP contribution in [-0.4, -0.2) is 29.3 Å². The van der Waals surface area contributed by atoms with Crippen molar-refractivity contribution < 1.29 is 4.79 Å². The molecule has 2 heteroatoms. The lowest BCUT2D eigenvalue weighted by atomic mass is 9.93. The molecule has 1 fully saturated rings. The Morgan fingerprint density at radius 2 is 2.00 bits per heavy atom. The highest BCUT2D eigenvalue weighted by atomic mass is 16.1. The summed E-state index contributed by atoms with van der Waals surface area (Å²) in [4.78, 5) is 13.7. The molecule has 0 saturated carbocycles. The summed E-state index contributed by atoms with van der Waals surface area (Å²) in [5.41, 5.74) is 0.149. The molecule has 70 valence electrons. The Hall–Kier alpha value is -0.370. The minimum absolute atomic E-state index is 0.149. The van der Waals surface area contributed by atoms with E-state index in [1.807, 2.05) is 6.92 Å². The molecule has 0 spiro atoms. The van der Waals surface area contributed by atoms with Crippen molar-refractivity contribution in [1.29, 1.82) is 0 Å². The maximum atomic E-state index is 11.4. The van der Waals surface area contributed by atoms with Crippen molar-refractivity contribution in [3.63, 3.8) is 0 Å². The van der Waals surface area contributed by atoms with Crippen molar-refractivity contribution >= 4 is 5.78 Å². The Morgan fingerprint density at radius 3 is 2.42 bits per heavy atom. The number of piperidine rings is 1. The smallest absolute Gasteiger partial charge is 0.149 e. The quantitative estimate of drug-likeness (QED) is 0.550. The molecule has 0 amide bonds. The van der Waals surface area contributed by atoms with E-state index in [1.54, 1.807) is 0 Å². The van der Waals surface area contributed by atoms with Crippen molar-refractivity contribution in [1.82, 2.24) is 4.90 Å². The fourth-order valence-electron chi connectivity index (χ4n) is 1.51. The monoisotopic (exact) mass is 169 g/mol. The highest BCUT2D eigenvalue weighted by Gasteiger charge is 2.29. The molecule has 0 unspecified atom stereocenters. The van der Waals surface area contributed by atoms with Crippen LogP contribution in [0.3, 0.4) is 0 Å². The van der Waals surface area contributed by atoms with E-state index < -0.39 is 0 Å². The predicted molar refractivity (Wildman–Crippen MR) is 50.1 cm³/mol. The van der Waals surface area contributed by atoms with Gasteiger partial charge < -0.3 is 0 Å². The third-order valence-corrected chi connectivity index (χ3v) is 2.68. The molecule has 0 radical (unpaired) electrons. The molecule has 1 aliphatic rings. The van der Waals surface area contributed by atoms with Gasteiger partial charge in [0.05, 0.1) is 6.54 Å². The molecule has 1 heterocycles. The third-order valence-electron chi connectivity index (χ3n) is 2.68. The molecule has 0 bridgehead atoms. The van der Waals surface area contributed by atoms with Crippen LogP contribution in [0.25, 0.3) is 0 Å². The topological polar surface area (TPSA) is 20.3 Å². The maximum Gasteiger partial charge on any atom is 0.149 e. The van der Waals surface area contributed by atoms with Gasteiger partial charge in [0.1, 0.15) is 5.78 Å². The summed E-state index contributed by atoms with van der Waals surface area (Å²) in [6.45, 7) is 10.2. The van der Waals surface area contributed by atoms with Crippen molar-refractivity contribution in [2.24, 2.45) is 5.92 Å². The van der Waals surface area contributed by atoms with Gasteiger partial charge in [0, 0.05) is 11.5 Å². The Labute approximate surface area is 74.9 Å². The van der Waals surface area contributed by atoms with Crippen molar-refractivity contribution in [3.8, 4) is 0 Å². The van der Waals surface area contributed by atoms with E-state index in [9.17, 15) is 4.79 Å². The average Bonchev–Trinajstić information content (AvgIpc) is 1.92. The fraction of sp³-hybridized carbons (Fsp3) is 0.900.